The maximum Gasteiger partial charge on any atom is 0.0537 e. The van der Waals surface area contributed by atoms with Gasteiger partial charge in [0.05, 0.1) is 11.0 Å². The number of rotatable bonds is 2. The minimum atomic E-state index is 0.407. The molecule has 0 amide bonds. The standard InChI is InChI=1S/C32H28N2/c1-23-20-26(33-24(2)12-4-3-5-13-25-14-6-9-17-30(25)33)22-27(21-23)34-31-18-10-7-15-28(31)29-16-8-11-19-32(29)34/h3-12,14-20,22-23H,2,13,21H2,1H3/b5-3-,12-4-. The number of aromatic nitrogens is 1. The highest BCUT2D eigenvalue weighted by Crippen LogP contribution is 2.39. The Bertz CT molecular complexity index is 1490. The fraction of sp³-hybridized carbons (Fsp3) is 0.125. The number of benzene rings is 3. The minimum absolute atomic E-state index is 0.407. The Labute approximate surface area is 201 Å². The van der Waals surface area contributed by atoms with Gasteiger partial charge in [-0.1, -0.05) is 92.4 Å². The minimum Gasteiger partial charge on any atom is -0.313 e. The van der Waals surface area contributed by atoms with Gasteiger partial charge in [0, 0.05) is 33.6 Å². The second kappa shape index (κ2) is 8.39. The summed E-state index contributed by atoms with van der Waals surface area (Å²) in [5, 5.41) is 2.60. The smallest absolute Gasteiger partial charge is 0.0537 e. The molecule has 0 bridgehead atoms. The number of hydrogen-bond donors (Lipinski definition) is 0. The summed E-state index contributed by atoms with van der Waals surface area (Å²) in [6.45, 7) is 6.76. The highest BCUT2D eigenvalue weighted by atomic mass is 15.2. The van der Waals surface area contributed by atoms with Crippen molar-refractivity contribution in [2.45, 2.75) is 19.8 Å². The van der Waals surface area contributed by atoms with E-state index in [0.29, 0.717) is 5.92 Å². The lowest BCUT2D eigenvalue weighted by Crippen LogP contribution is -2.23. The second-order valence-electron chi connectivity index (χ2n) is 9.23. The third kappa shape index (κ3) is 3.43. The van der Waals surface area contributed by atoms with Crippen molar-refractivity contribution in [3.8, 4) is 0 Å². The van der Waals surface area contributed by atoms with Crippen LogP contribution in [0.25, 0.3) is 27.5 Å². The Morgan fingerprint density at radius 1 is 0.824 bits per heavy atom. The number of nitrogens with zero attached hydrogens (tertiary/aromatic N) is 2. The molecule has 0 radical (unpaired) electrons. The van der Waals surface area contributed by atoms with Crippen molar-refractivity contribution in [3.05, 3.63) is 133 Å². The third-order valence-electron chi connectivity index (χ3n) is 6.82. The van der Waals surface area contributed by atoms with Gasteiger partial charge < -0.3 is 9.47 Å². The lowest BCUT2D eigenvalue weighted by atomic mass is 9.96. The normalized spacial score (nSPS) is 20.2. The molecule has 2 aliphatic rings. The van der Waals surface area contributed by atoms with E-state index in [-0.39, 0.29) is 0 Å². The van der Waals surface area contributed by atoms with E-state index in [0.717, 1.165) is 18.5 Å². The van der Waals surface area contributed by atoms with Crippen molar-refractivity contribution < 1.29 is 0 Å². The van der Waals surface area contributed by atoms with E-state index in [4.69, 9.17) is 0 Å². The predicted octanol–water partition coefficient (Wildman–Crippen LogP) is 8.25. The molecular weight excluding hydrogens is 412 g/mol. The first-order valence-corrected chi connectivity index (χ1v) is 12.0. The predicted molar refractivity (Wildman–Crippen MR) is 146 cm³/mol. The quantitative estimate of drug-likeness (QED) is 0.305. The molecule has 34 heavy (non-hydrogen) atoms. The molecule has 0 N–H and O–H groups in total. The Balaban J connectivity index is 1.56. The van der Waals surface area contributed by atoms with Crippen LogP contribution in [0.1, 0.15) is 18.9 Å². The van der Waals surface area contributed by atoms with Crippen LogP contribution in [-0.2, 0) is 6.42 Å². The van der Waals surface area contributed by atoms with Crippen LogP contribution in [0, 0.1) is 5.92 Å². The van der Waals surface area contributed by atoms with Gasteiger partial charge in [-0.2, -0.15) is 0 Å². The van der Waals surface area contributed by atoms with Crippen molar-refractivity contribution in [1.82, 2.24) is 4.57 Å². The Morgan fingerprint density at radius 3 is 2.26 bits per heavy atom. The first-order valence-electron chi connectivity index (χ1n) is 12.0. The molecule has 2 nitrogen and oxygen atoms in total. The molecule has 1 aliphatic carbocycles. The summed E-state index contributed by atoms with van der Waals surface area (Å²) in [5.41, 5.74) is 8.48. The Hall–Kier alpha value is -4.04. The molecule has 3 aromatic carbocycles. The lowest BCUT2D eigenvalue weighted by Gasteiger charge is -2.32. The summed E-state index contributed by atoms with van der Waals surface area (Å²) in [4.78, 5) is 2.32. The molecule has 166 valence electrons. The van der Waals surface area contributed by atoms with E-state index in [1.165, 1.54) is 44.5 Å². The van der Waals surface area contributed by atoms with Crippen LogP contribution in [-0.4, -0.2) is 4.57 Å². The zero-order valence-electron chi connectivity index (χ0n) is 19.5. The van der Waals surface area contributed by atoms with Crippen molar-refractivity contribution in [1.29, 1.82) is 0 Å². The van der Waals surface area contributed by atoms with E-state index in [2.05, 4.69) is 132 Å². The van der Waals surface area contributed by atoms with Crippen molar-refractivity contribution in [3.63, 3.8) is 0 Å². The van der Waals surface area contributed by atoms with Crippen LogP contribution in [0.15, 0.2) is 127 Å². The van der Waals surface area contributed by atoms with Crippen LogP contribution in [0.4, 0.5) is 5.69 Å². The first kappa shape index (κ1) is 20.6. The number of anilines is 1. The number of para-hydroxylation sites is 3. The molecule has 6 rings (SSSR count). The zero-order chi connectivity index (χ0) is 23.1. The van der Waals surface area contributed by atoms with Gasteiger partial charge in [-0.05, 0) is 54.7 Å². The maximum atomic E-state index is 4.45. The van der Waals surface area contributed by atoms with E-state index < -0.39 is 0 Å². The SMILES string of the molecule is C=C1/C=C\C=C/Cc2ccccc2N1C1=CC(C)CC(n2c3ccccc3c3ccccc32)=C1. The van der Waals surface area contributed by atoms with Gasteiger partial charge in [-0.3, -0.25) is 0 Å². The van der Waals surface area contributed by atoms with Crippen LogP contribution in [0.3, 0.4) is 0 Å². The molecule has 2 heteroatoms. The van der Waals surface area contributed by atoms with Crippen LogP contribution < -0.4 is 4.90 Å². The largest absolute Gasteiger partial charge is 0.313 e. The summed E-state index contributed by atoms with van der Waals surface area (Å²) >= 11 is 0. The molecule has 0 fully saturated rings. The van der Waals surface area contributed by atoms with Crippen molar-refractivity contribution in [2.24, 2.45) is 5.92 Å². The summed E-state index contributed by atoms with van der Waals surface area (Å²) < 4.78 is 2.45. The van der Waals surface area contributed by atoms with Gasteiger partial charge in [-0.25, -0.2) is 0 Å². The Kier molecular flexibility index (Phi) is 5.07. The van der Waals surface area contributed by atoms with Gasteiger partial charge in [0.2, 0.25) is 0 Å². The molecular formula is C32H28N2. The molecule has 0 saturated carbocycles. The fourth-order valence-corrected chi connectivity index (χ4v) is 5.36. The van der Waals surface area contributed by atoms with Crippen LogP contribution in [0.2, 0.25) is 0 Å². The molecule has 1 unspecified atom stereocenters. The van der Waals surface area contributed by atoms with Gasteiger partial charge >= 0.3 is 0 Å². The first-order chi connectivity index (χ1) is 16.7. The van der Waals surface area contributed by atoms with Gasteiger partial charge in [0.25, 0.3) is 0 Å². The highest BCUT2D eigenvalue weighted by Gasteiger charge is 2.23. The molecule has 0 saturated heterocycles. The van der Waals surface area contributed by atoms with Crippen molar-refractivity contribution >= 4 is 33.2 Å². The topological polar surface area (TPSA) is 8.17 Å². The molecule has 4 aromatic rings. The average molecular weight is 441 g/mol. The highest BCUT2D eigenvalue weighted by molar-refractivity contribution is 6.10. The van der Waals surface area contributed by atoms with E-state index in [1.807, 2.05) is 0 Å². The number of fused-ring (bicyclic) bond motifs is 4. The third-order valence-corrected chi connectivity index (χ3v) is 6.82. The van der Waals surface area contributed by atoms with E-state index in [9.17, 15) is 0 Å². The molecule has 1 atom stereocenters. The van der Waals surface area contributed by atoms with E-state index >= 15 is 0 Å². The zero-order valence-corrected chi connectivity index (χ0v) is 19.5. The summed E-state index contributed by atoms with van der Waals surface area (Å²) in [5.74, 6) is 0.407. The van der Waals surface area contributed by atoms with Crippen LogP contribution >= 0.6 is 0 Å². The summed E-state index contributed by atoms with van der Waals surface area (Å²) in [6, 6.07) is 26.1. The van der Waals surface area contributed by atoms with Gasteiger partial charge in [0.15, 0.2) is 0 Å². The van der Waals surface area contributed by atoms with E-state index in [1.54, 1.807) is 0 Å². The lowest BCUT2D eigenvalue weighted by molar-refractivity contribution is 0.718. The molecule has 1 aliphatic heterocycles. The fourth-order valence-electron chi connectivity index (χ4n) is 5.36. The molecule has 2 heterocycles. The molecule has 0 spiro atoms. The van der Waals surface area contributed by atoms with Gasteiger partial charge in [-0.15, -0.1) is 0 Å². The summed E-state index contributed by atoms with van der Waals surface area (Å²) in [6.07, 6.45) is 15.2. The average Bonchev–Trinajstić information content (AvgIpc) is 3.22. The summed E-state index contributed by atoms with van der Waals surface area (Å²) in [7, 11) is 0. The monoisotopic (exact) mass is 440 g/mol. The van der Waals surface area contributed by atoms with Gasteiger partial charge in [0.1, 0.15) is 0 Å². The van der Waals surface area contributed by atoms with Crippen molar-refractivity contribution in [2.75, 3.05) is 4.90 Å². The number of hydrogen-bond acceptors (Lipinski definition) is 1. The number of allylic oxidation sites excluding steroid dienone is 7. The molecule has 1 aromatic heterocycles. The maximum absolute atomic E-state index is 4.45. The second-order valence-corrected chi connectivity index (χ2v) is 9.23. The van der Waals surface area contributed by atoms with Crippen LogP contribution in [0.5, 0.6) is 0 Å². The Morgan fingerprint density at radius 2 is 1.50 bits per heavy atom.